The minimum absolute atomic E-state index is 0.0253. The molecule has 0 saturated carbocycles. The van der Waals surface area contributed by atoms with Crippen molar-refractivity contribution in [3.8, 4) is 0 Å². The van der Waals surface area contributed by atoms with Gasteiger partial charge in [0, 0.05) is 19.6 Å². The summed E-state index contributed by atoms with van der Waals surface area (Å²) in [5, 5.41) is 16.9. The van der Waals surface area contributed by atoms with E-state index in [-0.39, 0.29) is 65.1 Å². The summed E-state index contributed by atoms with van der Waals surface area (Å²) in [6, 6.07) is -2.01. The minimum Gasteiger partial charge on any atom is -0.479 e. The molecule has 0 aromatic carbocycles. The summed E-state index contributed by atoms with van der Waals surface area (Å²) in [4.78, 5) is 114. The van der Waals surface area contributed by atoms with Gasteiger partial charge in [-0.05, 0) is 71.1 Å². The van der Waals surface area contributed by atoms with Gasteiger partial charge in [0.25, 0.3) is 0 Å². The molecule has 0 aliphatic rings. The lowest BCUT2D eigenvalue weighted by atomic mass is 9.88. The Bertz CT molecular complexity index is 1310. The van der Waals surface area contributed by atoms with Crippen LogP contribution in [0.25, 0.3) is 0 Å². The zero-order valence-electron chi connectivity index (χ0n) is 31.0. The van der Waals surface area contributed by atoms with Crippen LogP contribution in [0.5, 0.6) is 0 Å². The average molecular weight is 771 g/mol. The Kier molecular flexibility index (Phi) is 25.0. The van der Waals surface area contributed by atoms with Gasteiger partial charge in [0.1, 0.15) is 19.8 Å². The molecule has 0 aromatic heterocycles. The Labute approximate surface area is 312 Å². The van der Waals surface area contributed by atoms with E-state index in [9.17, 15) is 48.3 Å². The van der Waals surface area contributed by atoms with Gasteiger partial charge in [-0.15, -0.1) is 0 Å². The number of amides is 3. The number of hydrogen-bond donors (Lipinski definition) is 4. The van der Waals surface area contributed by atoms with Crippen LogP contribution in [0.2, 0.25) is 0 Å². The summed E-state index contributed by atoms with van der Waals surface area (Å²) >= 11 is 0. The van der Waals surface area contributed by atoms with Gasteiger partial charge in [0.15, 0.2) is 17.6 Å². The second-order valence-corrected chi connectivity index (χ2v) is 12.1. The number of aliphatic carboxylic acids is 1. The molecule has 302 valence electrons. The van der Waals surface area contributed by atoms with Gasteiger partial charge < -0.3 is 44.7 Å². The van der Waals surface area contributed by atoms with Crippen molar-refractivity contribution in [2.75, 3.05) is 53.7 Å². The molecule has 21 nitrogen and oxygen atoms in total. The van der Waals surface area contributed by atoms with E-state index in [1.807, 2.05) is 0 Å². The fourth-order valence-electron chi connectivity index (χ4n) is 4.51. The van der Waals surface area contributed by atoms with E-state index in [0.29, 0.717) is 38.5 Å². The van der Waals surface area contributed by atoms with Crippen LogP contribution in [0, 0.1) is 5.41 Å². The Balaban J connectivity index is 5.22. The zero-order chi connectivity index (χ0) is 40.8. The van der Waals surface area contributed by atoms with Gasteiger partial charge in [-0.25, -0.2) is 43.2 Å². The summed E-state index contributed by atoms with van der Waals surface area (Å²) < 4.78 is 25.3. The highest BCUT2D eigenvalue weighted by atomic mass is 16.6. The second kappa shape index (κ2) is 27.9. The lowest BCUT2D eigenvalue weighted by Crippen LogP contribution is -2.42. The number of esters is 2. The Morgan fingerprint density at radius 3 is 1.35 bits per heavy atom. The molecule has 0 heterocycles. The quantitative estimate of drug-likeness (QED) is 0.0291. The highest BCUT2D eigenvalue weighted by Gasteiger charge is 2.35. The van der Waals surface area contributed by atoms with E-state index in [4.69, 9.17) is 14.2 Å². The Morgan fingerprint density at radius 2 is 1.04 bits per heavy atom. The molecule has 0 radical (unpaired) electrons. The molecule has 3 unspecified atom stereocenters. The van der Waals surface area contributed by atoms with E-state index in [1.54, 1.807) is 6.92 Å². The summed E-state index contributed by atoms with van der Waals surface area (Å²) in [6.45, 7) is 2.33. The number of carboxylic acid groups (broad SMARTS) is 1. The summed E-state index contributed by atoms with van der Waals surface area (Å²) in [5.74, 6) is -2.66. The molecule has 0 bridgehead atoms. The lowest BCUT2D eigenvalue weighted by Gasteiger charge is -2.31. The molecule has 54 heavy (non-hydrogen) atoms. The zero-order valence-corrected chi connectivity index (χ0v) is 31.0. The third kappa shape index (κ3) is 20.4. The van der Waals surface area contributed by atoms with Crippen LogP contribution in [0.1, 0.15) is 78.1 Å². The summed E-state index contributed by atoms with van der Waals surface area (Å²) in [7, 11) is 2.33. The van der Waals surface area contributed by atoms with Crippen molar-refractivity contribution in [2.24, 2.45) is 20.4 Å². The van der Waals surface area contributed by atoms with Crippen LogP contribution in [0.4, 0.5) is 14.4 Å². The predicted octanol–water partition coefficient (Wildman–Crippen LogP) is 2.01. The molecule has 3 amide bonds. The van der Waals surface area contributed by atoms with Crippen molar-refractivity contribution >= 4 is 54.4 Å². The van der Waals surface area contributed by atoms with Crippen molar-refractivity contribution < 1.29 is 71.9 Å². The van der Waals surface area contributed by atoms with Crippen LogP contribution in [-0.4, -0.2) is 131 Å². The van der Waals surface area contributed by atoms with E-state index >= 15 is 0 Å². The topological polar surface area (TPSA) is 293 Å². The van der Waals surface area contributed by atoms with Crippen molar-refractivity contribution in [3.63, 3.8) is 0 Å². The number of isocyanates is 3. The molecule has 0 spiro atoms. The molecule has 0 aliphatic heterocycles. The molecular formula is C33H50N6O15. The summed E-state index contributed by atoms with van der Waals surface area (Å²) in [6.07, 6.45) is 4.26. The number of carbonyl (C=O) groups is 6. The number of hydrogen-bond acceptors (Lipinski definition) is 17. The number of rotatable bonds is 28. The first kappa shape index (κ1) is 48.4. The number of carbonyl (C=O) groups excluding carboxylic acids is 8. The molecular weight excluding hydrogens is 720 g/mol. The van der Waals surface area contributed by atoms with E-state index in [0.717, 1.165) is 14.2 Å². The molecule has 3 atom stereocenters. The maximum Gasteiger partial charge on any atom is 0.407 e. The maximum atomic E-state index is 12.5. The molecule has 21 heteroatoms. The smallest absolute Gasteiger partial charge is 0.407 e. The molecule has 4 N–H and O–H groups in total. The number of methoxy groups -OCH3 is 2. The third-order valence-corrected chi connectivity index (χ3v) is 8.10. The van der Waals surface area contributed by atoms with E-state index in [1.165, 1.54) is 25.2 Å². The normalized spacial score (nSPS) is 13.6. The SMILES string of the molecule is CCC(COC(=O)NCCCCC(N=C=O)C(=O)OC)(COC(=O)NCCCCC(N=C=O)C(=O)OC)COC(=O)NCCCCC(C)(N=C=O)C(=O)O. The fourth-order valence-corrected chi connectivity index (χ4v) is 4.51. The first-order valence-corrected chi connectivity index (χ1v) is 17.1. The Morgan fingerprint density at radius 1 is 0.648 bits per heavy atom. The predicted molar refractivity (Wildman–Crippen MR) is 184 cm³/mol. The highest BCUT2D eigenvalue weighted by Crippen LogP contribution is 2.25. The number of ether oxygens (including phenoxy) is 5. The minimum atomic E-state index is -1.64. The molecule has 0 rings (SSSR count). The van der Waals surface area contributed by atoms with Crippen molar-refractivity contribution in [1.29, 1.82) is 0 Å². The summed E-state index contributed by atoms with van der Waals surface area (Å²) in [5.41, 5.74) is -2.83. The third-order valence-electron chi connectivity index (χ3n) is 8.10. The largest absolute Gasteiger partial charge is 0.479 e. The van der Waals surface area contributed by atoms with Crippen LogP contribution < -0.4 is 16.0 Å². The van der Waals surface area contributed by atoms with Crippen LogP contribution in [0.15, 0.2) is 15.0 Å². The number of carboxylic acids is 1. The lowest BCUT2D eigenvalue weighted by molar-refractivity contribution is -0.143. The number of nitrogens with zero attached hydrogens (tertiary/aromatic N) is 3. The van der Waals surface area contributed by atoms with Crippen LogP contribution in [0.3, 0.4) is 0 Å². The number of aliphatic imine (C=N–C) groups is 3. The van der Waals surface area contributed by atoms with Crippen molar-refractivity contribution in [1.82, 2.24) is 16.0 Å². The molecule has 0 saturated heterocycles. The monoisotopic (exact) mass is 770 g/mol. The molecule has 0 aliphatic carbocycles. The standard InChI is InChI=1S/C33H50N6O15/c1-5-33(18-52-29(47)34-15-9-6-12-24(37-21-40)26(43)50-3,19-53-30(48)35-16-10-7-13-25(38-22-41)27(44)51-4)20-54-31(49)36-17-11-8-14-32(2,28(45)46)39-23-42/h24-25H,5-20H2,1-4H3,(H,34,47)(H,35,48)(H,36,49)(H,45,46). The fraction of sp³-hybridized carbons (Fsp3) is 0.727. The number of unbranched alkanes of at least 4 members (excludes halogenated alkanes) is 3. The van der Waals surface area contributed by atoms with Crippen LogP contribution in [-0.2, 0) is 52.5 Å². The Hall–Kier alpha value is -5.64. The second-order valence-electron chi connectivity index (χ2n) is 12.1. The van der Waals surface area contributed by atoms with Gasteiger partial charge in [-0.2, -0.15) is 15.0 Å². The van der Waals surface area contributed by atoms with Gasteiger partial charge in [0.2, 0.25) is 18.2 Å². The van der Waals surface area contributed by atoms with Crippen molar-refractivity contribution in [3.05, 3.63) is 0 Å². The molecule has 0 fully saturated rings. The average Bonchev–Trinajstić information content (AvgIpc) is 3.15. The van der Waals surface area contributed by atoms with Gasteiger partial charge in [-0.1, -0.05) is 6.92 Å². The van der Waals surface area contributed by atoms with Gasteiger partial charge >= 0.3 is 36.2 Å². The van der Waals surface area contributed by atoms with E-state index < -0.39 is 59.2 Å². The first-order valence-electron chi connectivity index (χ1n) is 17.1. The van der Waals surface area contributed by atoms with Crippen LogP contribution >= 0.6 is 0 Å². The van der Waals surface area contributed by atoms with E-state index in [2.05, 4.69) is 40.4 Å². The van der Waals surface area contributed by atoms with Gasteiger partial charge in [0.05, 0.1) is 19.6 Å². The number of alkyl carbamates (subject to hydrolysis) is 3. The van der Waals surface area contributed by atoms with Crippen molar-refractivity contribution in [2.45, 2.75) is 95.7 Å². The number of nitrogens with one attached hydrogen (secondary N) is 3. The first-order chi connectivity index (χ1) is 25.8. The van der Waals surface area contributed by atoms with Gasteiger partial charge in [-0.3, -0.25) is 0 Å². The maximum absolute atomic E-state index is 12.5. The molecule has 0 aromatic rings. The highest BCUT2D eigenvalue weighted by molar-refractivity contribution is 5.79.